The second kappa shape index (κ2) is 6.95. The van der Waals surface area contributed by atoms with Gasteiger partial charge in [0.1, 0.15) is 0 Å². The van der Waals surface area contributed by atoms with E-state index in [2.05, 4.69) is 60.7 Å². The van der Waals surface area contributed by atoms with Crippen molar-refractivity contribution in [3.8, 4) is 0 Å². The Morgan fingerprint density at radius 3 is 2.75 bits per heavy atom. The summed E-state index contributed by atoms with van der Waals surface area (Å²) in [5.74, 6) is 1.54. The van der Waals surface area contributed by atoms with E-state index in [9.17, 15) is 0 Å². The number of rotatable bonds is 7. The highest BCUT2D eigenvalue weighted by atomic mass is 32.1. The molecular formula is C14H23N5S. The number of aryl methyl sites for hydroxylation is 1. The molecule has 0 fully saturated rings. The summed E-state index contributed by atoms with van der Waals surface area (Å²) in [6, 6.07) is 4.63. The van der Waals surface area contributed by atoms with Gasteiger partial charge < -0.3 is 5.32 Å². The van der Waals surface area contributed by atoms with Crippen molar-refractivity contribution in [3.05, 3.63) is 27.7 Å². The van der Waals surface area contributed by atoms with Gasteiger partial charge in [-0.1, -0.05) is 13.8 Å². The number of hydrogen-bond acceptors (Lipinski definition) is 5. The third kappa shape index (κ3) is 4.11. The minimum atomic E-state index is 0.277. The number of tetrazole rings is 1. The van der Waals surface area contributed by atoms with Crippen LogP contribution in [0.2, 0.25) is 0 Å². The highest BCUT2D eigenvalue weighted by molar-refractivity contribution is 7.11. The summed E-state index contributed by atoms with van der Waals surface area (Å²) >= 11 is 1.84. The molecule has 0 spiro atoms. The molecule has 0 aromatic carbocycles. The summed E-state index contributed by atoms with van der Waals surface area (Å²) in [4.78, 5) is 2.73. The number of thiophene rings is 1. The Morgan fingerprint density at radius 1 is 1.30 bits per heavy atom. The van der Waals surface area contributed by atoms with Gasteiger partial charge >= 0.3 is 0 Å². The van der Waals surface area contributed by atoms with Crippen LogP contribution in [-0.4, -0.2) is 26.8 Å². The lowest BCUT2D eigenvalue weighted by molar-refractivity contribution is 0.444. The molecule has 110 valence electrons. The van der Waals surface area contributed by atoms with Crippen LogP contribution < -0.4 is 5.32 Å². The summed E-state index contributed by atoms with van der Waals surface area (Å²) in [5.41, 5.74) is 0. The minimum Gasteiger partial charge on any atom is -0.310 e. The quantitative estimate of drug-likeness (QED) is 0.852. The number of hydrogen-bond donors (Lipinski definition) is 1. The smallest absolute Gasteiger partial charge is 0.165 e. The molecule has 2 aromatic heterocycles. The van der Waals surface area contributed by atoms with Crippen molar-refractivity contribution in [1.29, 1.82) is 0 Å². The second-order valence-corrected chi connectivity index (χ2v) is 7.00. The molecule has 0 amide bonds. The van der Waals surface area contributed by atoms with Gasteiger partial charge in [-0.05, 0) is 48.9 Å². The Hall–Kier alpha value is -1.27. The van der Waals surface area contributed by atoms with Gasteiger partial charge in [-0.15, -0.1) is 16.4 Å². The van der Waals surface area contributed by atoms with Crippen LogP contribution in [0.15, 0.2) is 12.1 Å². The third-order valence-corrected chi connectivity index (χ3v) is 4.13. The van der Waals surface area contributed by atoms with E-state index in [0.717, 1.165) is 25.3 Å². The molecule has 0 aliphatic carbocycles. The van der Waals surface area contributed by atoms with Crippen LogP contribution in [-0.2, 0) is 13.0 Å². The predicted molar refractivity (Wildman–Crippen MR) is 81.8 cm³/mol. The maximum absolute atomic E-state index is 4.14. The summed E-state index contributed by atoms with van der Waals surface area (Å²) in [7, 11) is 0. The molecule has 20 heavy (non-hydrogen) atoms. The van der Waals surface area contributed by atoms with E-state index >= 15 is 0 Å². The summed E-state index contributed by atoms with van der Waals surface area (Å²) < 4.78 is 1.93. The predicted octanol–water partition coefficient (Wildman–Crippen LogP) is 2.59. The maximum atomic E-state index is 4.14. The SMILES string of the molecule is Cc1ccc(CC(C)n2nnnc2CNCC(C)C)s1. The van der Waals surface area contributed by atoms with Crippen molar-refractivity contribution >= 4 is 11.3 Å². The molecule has 2 aromatic rings. The van der Waals surface area contributed by atoms with Gasteiger partial charge in [0, 0.05) is 16.2 Å². The molecule has 1 unspecified atom stereocenters. The van der Waals surface area contributed by atoms with Crippen LogP contribution in [0, 0.1) is 12.8 Å². The van der Waals surface area contributed by atoms with Gasteiger partial charge in [0.15, 0.2) is 5.82 Å². The van der Waals surface area contributed by atoms with Crippen molar-refractivity contribution in [1.82, 2.24) is 25.5 Å². The van der Waals surface area contributed by atoms with E-state index in [4.69, 9.17) is 0 Å². The molecule has 0 saturated carbocycles. The lowest BCUT2D eigenvalue weighted by Gasteiger charge is -2.13. The topological polar surface area (TPSA) is 55.6 Å². The number of aromatic nitrogens is 4. The van der Waals surface area contributed by atoms with Crippen LogP contribution >= 0.6 is 11.3 Å². The van der Waals surface area contributed by atoms with E-state index in [1.54, 1.807) is 0 Å². The molecule has 2 rings (SSSR count). The molecule has 6 heteroatoms. The zero-order valence-corrected chi connectivity index (χ0v) is 13.4. The van der Waals surface area contributed by atoms with Crippen molar-refractivity contribution in [2.75, 3.05) is 6.54 Å². The lowest BCUT2D eigenvalue weighted by atomic mass is 10.2. The average molecular weight is 293 g/mol. The second-order valence-electron chi connectivity index (χ2n) is 5.63. The number of nitrogens with one attached hydrogen (secondary N) is 1. The Labute approximate surface area is 124 Å². The van der Waals surface area contributed by atoms with E-state index < -0.39 is 0 Å². The Morgan fingerprint density at radius 2 is 2.10 bits per heavy atom. The molecule has 0 saturated heterocycles. The molecule has 0 bridgehead atoms. The maximum Gasteiger partial charge on any atom is 0.165 e. The van der Waals surface area contributed by atoms with Gasteiger partial charge in [-0.3, -0.25) is 0 Å². The highest BCUT2D eigenvalue weighted by Crippen LogP contribution is 2.21. The fraction of sp³-hybridized carbons (Fsp3) is 0.643. The normalized spacial score (nSPS) is 13.1. The lowest BCUT2D eigenvalue weighted by Crippen LogP contribution is -2.23. The van der Waals surface area contributed by atoms with Crippen LogP contribution in [0.1, 0.15) is 42.4 Å². The van der Waals surface area contributed by atoms with E-state index in [1.807, 2.05) is 16.0 Å². The van der Waals surface area contributed by atoms with E-state index in [1.165, 1.54) is 9.75 Å². The monoisotopic (exact) mass is 293 g/mol. The van der Waals surface area contributed by atoms with Crippen molar-refractivity contribution in [2.24, 2.45) is 5.92 Å². The fourth-order valence-electron chi connectivity index (χ4n) is 2.12. The standard InChI is InChI=1S/C14H23N5S/c1-10(2)8-15-9-14-16-17-18-19(14)11(3)7-13-6-5-12(4)20-13/h5-6,10-11,15H,7-9H2,1-4H3. The molecule has 1 atom stereocenters. The zero-order valence-electron chi connectivity index (χ0n) is 12.6. The third-order valence-electron chi connectivity index (χ3n) is 3.11. The van der Waals surface area contributed by atoms with Gasteiger partial charge in [-0.2, -0.15) is 0 Å². The first-order valence-corrected chi connectivity index (χ1v) is 7.90. The van der Waals surface area contributed by atoms with Crippen molar-refractivity contribution < 1.29 is 0 Å². The first-order chi connectivity index (χ1) is 9.56. The summed E-state index contributed by atoms with van der Waals surface area (Å²) in [6.45, 7) is 10.4. The molecule has 0 radical (unpaired) electrons. The first kappa shape index (κ1) is 15.1. The summed E-state index contributed by atoms with van der Waals surface area (Å²) in [5, 5.41) is 15.5. The van der Waals surface area contributed by atoms with Crippen LogP contribution in [0.5, 0.6) is 0 Å². The first-order valence-electron chi connectivity index (χ1n) is 7.09. The molecular weight excluding hydrogens is 270 g/mol. The number of nitrogens with zero attached hydrogens (tertiary/aromatic N) is 4. The van der Waals surface area contributed by atoms with Crippen LogP contribution in [0.4, 0.5) is 0 Å². The highest BCUT2D eigenvalue weighted by Gasteiger charge is 2.14. The van der Waals surface area contributed by atoms with Crippen LogP contribution in [0.25, 0.3) is 0 Å². The molecule has 0 aliphatic heterocycles. The molecule has 2 heterocycles. The van der Waals surface area contributed by atoms with Crippen molar-refractivity contribution in [3.63, 3.8) is 0 Å². The van der Waals surface area contributed by atoms with Gasteiger partial charge in [-0.25, -0.2) is 4.68 Å². The van der Waals surface area contributed by atoms with Crippen LogP contribution in [0.3, 0.4) is 0 Å². The Bertz CT molecular complexity index is 531. The average Bonchev–Trinajstić information content (AvgIpc) is 2.98. The van der Waals surface area contributed by atoms with Crippen molar-refractivity contribution in [2.45, 2.75) is 46.7 Å². The van der Waals surface area contributed by atoms with Gasteiger partial charge in [0.2, 0.25) is 0 Å². The Balaban J connectivity index is 1.96. The molecule has 1 N–H and O–H groups in total. The summed E-state index contributed by atoms with van der Waals surface area (Å²) in [6.07, 6.45) is 0.973. The minimum absolute atomic E-state index is 0.277. The fourth-order valence-corrected chi connectivity index (χ4v) is 3.13. The Kier molecular flexibility index (Phi) is 5.25. The van der Waals surface area contributed by atoms with Gasteiger partial charge in [0.25, 0.3) is 0 Å². The molecule has 0 aliphatic rings. The van der Waals surface area contributed by atoms with E-state index in [-0.39, 0.29) is 6.04 Å². The zero-order chi connectivity index (χ0) is 14.5. The van der Waals surface area contributed by atoms with Gasteiger partial charge in [0.05, 0.1) is 12.6 Å². The van der Waals surface area contributed by atoms with E-state index in [0.29, 0.717) is 5.92 Å². The molecule has 5 nitrogen and oxygen atoms in total. The largest absolute Gasteiger partial charge is 0.310 e.